The zero-order chi connectivity index (χ0) is 26.7. The van der Waals surface area contributed by atoms with Crippen molar-refractivity contribution in [2.45, 2.75) is 20.8 Å². The molecule has 0 bridgehead atoms. The summed E-state index contributed by atoms with van der Waals surface area (Å²) in [4.78, 5) is 51.8. The van der Waals surface area contributed by atoms with E-state index in [2.05, 4.69) is 5.32 Å². The SMILES string of the molecule is CCOC(=O)c1ccccc1N1C(=O)C(Cl)=C(Nc2ccc(C(=O)Oc3ccc(C)cc3C)cc2)C1=O. The number of hydrogen-bond donors (Lipinski definition) is 1. The zero-order valence-electron chi connectivity index (χ0n) is 20.3. The van der Waals surface area contributed by atoms with Crippen LogP contribution in [-0.4, -0.2) is 30.4 Å². The lowest BCUT2D eigenvalue weighted by Crippen LogP contribution is -2.33. The molecule has 3 aromatic rings. The monoisotopic (exact) mass is 518 g/mol. The number of hydrogen-bond acceptors (Lipinski definition) is 7. The van der Waals surface area contributed by atoms with Gasteiger partial charge in [0.25, 0.3) is 11.8 Å². The van der Waals surface area contributed by atoms with Crippen molar-refractivity contribution in [1.82, 2.24) is 0 Å². The second-order valence-electron chi connectivity index (χ2n) is 8.23. The number of anilines is 2. The van der Waals surface area contributed by atoms with E-state index in [1.165, 1.54) is 24.3 Å². The lowest BCUT2D eigenvalue weighted by molar-refractivity contribution is -0.120. The minimum atomic E-state index is -0.778. The maximum atomic E-state index is 13.2. The van der Waals surface area contributed by atoms with E-state index in [-0.39, 0.29) is 28.6 Å². The normalized spacial score (nSPS) is 13.1. The van der Waals surface area contributed by atoms with Crippen molar-refractivity contribution in [3.05, 3.63) is 99.7 Å². The summed E-state index contributed by atoms with van der Waals surface area (Å²) < 4.78 is 10.5. The molecule has 4 rings (SSSR count). The summed E-state index contributed by atoms with van der Waals surface area (Å²) in [6, 6.07) is 17.8. The van der Waals surface area contributed by atoms with Gasteiger partial charge in [-0.25, -0.2) is 14.5 Å². The Morgan fingerprint density at radius 2 is 1.62 bits per heavy atom. The second kappa shape index (κ2) is 10.7. The molecule has 0 fully saturated rings. The van der Waals surface area contributed by atoms with Crippen molar-refractivity contribution in [2.75, 3.05) is 16.8 Å². The number of nitrogens with one attached hydrogen (secondary N) is 1. The molecule has 2 amide bonds. The average molecular weight is 519 g/mol. The van der Waals surface area contributed by atoms with Crippen molar-refractivity contribution in [3.63, 3.8) is 0 Å². The molecule has 188 valence electrons. The first-order chi connectivity index (χ1) is 17.7. The molecule has 0 spiro atoms. The first-order valence-corrected chi connectivity index (χ1v) is 11.8. The van der Waals surface area contributed by atoms with E-state index in [1.54, 1.807) is 37.3 Å². The van der Waals surface area contributed by atoms with Gasteiger partial charge in [-0.3, -0.25) is 9.59 Å². The van der Waals surface area contributed by atoms with Gasteiger partial charge >= 0.3 is 11.9 Å². The minimum absolute atomic E-state index is 0.0587. The summed E-state index contributed by atoms with van der Waals surface area (Å²) in [7, 11) is 0. The number of carbonyl (C=O) groups is 4. The third-order valence-electron chi connectivity index (χ3n) is 5.59. The molecule has 0 aromatic heterocycles. The number of carbonyl (C=O) groups excluding carboxylic acids is 4. The van der Waals surface area contributed by atoms with Crippen LogP contribution in [0.2, 0.25) is 0 Å². The van der Waals surface area contributed by atoms with Crippen LogP contribution in [0.5, 0.6) is 5.75 Å². The van der Waals surface area contributed by atoms with Gasteiger partial charge in [-0.05, 0) is 68.8 Å². The van der Waals surface area contributed by atoms with Crippen LogP contribution in [0.1, 0.15) is 38.8 Å². The fourth-order valence-corrected chi connectivity index (χ4v) is 4.00. The number of ether oxygens (including phenoxy) is 2. The lowest BCUT2D eigenvalue weighted by atomic mass is 10.1. The molecule has 0 aliphatic carbocycles. The van der Waals surface area contributed by atoms with E-state index in [0.29, 0.717) is 17.0 Å². The predicted molar refractivity (Wildman–Crippen MR) is 139 cm³/mol. The Morgan fingerprint density at radius 3 is 2.30 bits per heavy atom. The number of benzene rings is 3. The van der Waals surface area contributed by atoms with Crippen LogP contribution in [0.15, 0.2) is 77.5 Å². The molecule has 0 saturated carbocycles. The van der Waals surface area contributed by atoms with Crippen molar-refractivity contribution < 1.29 is 28.7 Å². The largest absolute Gasteiger partial charge is 0.462 e. The third-order valence-corrected chi connectivity index (χ3v) is 5.94. The van der Waals surface area contributed by atoms with Crippen molar-refractivity contribution in [1.29, 1.82) is 0 Å². The van der Waals surface area contributed by atoms with Gasteiger partial charge in [-0.1, -0.05) is 41.4 Å². The molecule has 0 saturated heterocycles. The Kier molecular flexibility index (Phi) is 7.40. The standard InChI is InChI=1S/C28H23ClN2O6/c1-4-36-28(35)20-7-5-6-8-21(20)31-25(32)23(29)24(26(31)33)30-19-12-10-18(11-13-19)27(34)37-22-14-9-16(2)15-17(22)3/h5-15,30H,4H2,1-3H3. The first kappa shape index (κ1) is 25.7. The van der Waals surface area contributed by atoms with Gasteiger partial charge < -0.3 is 14.8 Å². The van der Waals surface area contributed by atoms with E-state index in [1.807, 2.05) is 26.0 Å². The van der Waals surface area contributed by atoms with Crippen LogP contribution in [0.25, 0.3) is 0 Å². The molecule has 9 heteroatoms. The summed E-state index contributed by atoms with van der Waals surface area (Å²) >= 11 is 6.22. The van der Waals surface area contributed by atoms with Crippen molar-refractivity contribution >= 4 is 46.7 Å². The van der Waals surface area contributed by atoms with E-state index >= 15 is 0 Å². The summed E-state index contributed by atoms with van der Waals surface area (Å²) in [5.41, 5.74) is 2.58. The van der Waals surface area contributed by atoms with E-state index in [0.717, 1.165) is 16.0 Å². The van der Waals surface area contributed by atoms with Crippen LogP contribution in [0, 0.1) is 13.8 Å². The van der Waals surface area contributed by atoms with Gasteiger partial charge in [-0.15, -0.1) is 0 Å². The second-order valence-corrected chi connectivity index (χ2v) is 8.61. The zero-order valence-corrected chi connectivity index (χ0v) is 21.1. The van der Waals surface area contributed by atoms with Crippen molar-refractivity contribution in [3.8, 4) is 5.75 Å². The number of esters is 2. The molecule has 1 aliphatic rings. The third kappa shape index (κ3) is 5.24. The van der Waals surface area contributed by atoms with Gasteiger partial charge in [0.05, 0.1) is 23.4 Å². The smallest absolute Gasteiger partial charge is 0.343 e. The van der Waals surface area contributed by atoms with Crippen LogP contribution in [0.4, 0.5) is 11.4 Å². The minimum Gasteiger partial charge on any atom is -0.462 e. The highest BCUT2D eigenvalue weighted by Gasteiger charge is 2.40. The molecule has 0 unspecified atom stereocenters. The highest BCUT2D eigenvalue weighted by molar-refractivity contribution is 6.53. The maximum Gasteiger partial charge on any atom is 0.343 e. The predicted octanol–water partition coefficient (Wildman–Crippen LogP) is 5.14. The highest BCUT2D eigenvalue weighted by Crippen LogP contribution is 2.32. The van der Waals surface area contributed by atoms with E-state index in [9.17, 15) is 19.2 Å². The van der Waals surface area contributed by atoms with Crippen LogP contribution >= 0.6 is 11.6 Å². The number of amides is 2. The average Bonchev–Trinajstić information content (AvgIpc) is 3.09. The Morgan fingerprint density at radius 1 is 0.919 bits per heavy atom. The first-order valence-electron chi connectivity index (χ1n) is 11.4. The van der Waals surface area contributed by atoms with Crippen LogP contribution in [0.3, 0.4) is 0 Å². The summed E-state index contributed by atoms with van der Waals surface area (Å²) in [5.74, 6) is -2.25. The van der Waals surface area contributed by atoms with Crippen LogP contribution in [-0.2, 0) is 14.3 Å². The number of rotatable bonds is 7. The fraction of sp³-hybridized carbons (Fsp3) is 0.143. The Bertz CT molecular complexity index is 1450. The number of para-hydroxylation sites is 1. The molecule has 37 heavy (non-hydrogen) atoms. The molecule has 8 nitrogen and oxygen atoms in total. The molecule has 0 atom stereocenters. The molecule has 1 aliphatic heterocycles. The Hall–Kier alpha value is -4.43. The van der Waals surface area contributed by atoms with Gasteiger partial charge in [0, 0.05) is 5.69 Å². The van der Waals surface area contributed by atoms with E-state index < -0.39 is 23.8 Å². The highest BCUT2D eigenvalue weighted by atomic mass is 35.5. The van der Waals surface area contributed by atoms with E-state index in [4.69, 9.17) is 21.1 Å². The number of aryl methyl sites for hydroxylation is 2. The summed E-state index contributed by atoms with van der Waals surface area (Å²) in [6.07, 6.45) is 0. The lowest BCUT2D eigenvalue weighted by Gasteiger charge is -2.18. The Balaban J connectivity index is 1.51. The van der Waals surface area contributed by atoms with Gasteiger partial charge in [-0.2, -0.15) is 0 Å². The molecule has 1 N–H and O–H groups in total. The summed E-state index contributed by atoms with van der Waals surface area (Å²) in [6.45, 7) is 5.60. The quantitative estimate of drug-likeness (QED) is 0.262. The van der Waals surface area contributed by atoms with Crippen LogP contribution < -0.4 is 15.0 Å². The number of nitrogens with zero attached hydrogens (tertiary/aromatic N) is 1. The number of imide groups is 1. The molecular formula is C28H23ClN2O6. The number of halogens is 1. The summed E-state index contributed by atoms with van der Waals surface area (Å²) in [5, 5.41) is 2.51. The topological polar surface area (TPSA) is 102 Å². The molecule has 3 aromatic carbocycles. The molecule has 1 heterocycles. The molecule has 0 radical (unpaired) electrons. The van der Waals surface area contributed by atoms with Gasteiger partial charge in [0.15, 0.2) is 0 Å². The van der Waals surface area contributed by atoms with Gasteiger partial charge in [0.1, 0.15) is 16.5 Å². The molecular weight excluding hydrogens is 496 g/mol. The fourth-order valence-electron chi connectivity index (χ4n) is 3.79. The Labute approximate surface area is 218 Å². The van der Waals surface area contributed by atoms with Crippen molar-refractivity contribution in [2.24, 2.45) is 0 Å². The van der Waals surface area contributed by atoms with Gasteiger partial charge in [0.2, 0.25) is 0 Å². The maximum absolute atomic E-state index is 13.2.